The third kappa shape index (κ3) is 6.52. The molecule has 0 saturated carbocycles. The Kier molecular flexibility index (Phi) is 7.45. The molecule has 0 N–H and O–H groups in total. The summed E-state index contributed by atoms with van der Waals surface area (Å²) in [4.78, 5) is 11.4. The molecule has 1 atom stereocenters. The van der Waals surface area contributed by atoms with Crippen LogP contribution in [0.4, 0.5) is 0 Å². The van der Waals surface area contributed by atoms with Crippen LogP contribution in [0.25, 0.3) is 0 Å². The van der Waals surface area contributed by atoms with E-state index in [0.717, 1.165) is 12.2 Å². The predicted octanol–water partition coefficient (Wildman–Crippen LogP) is 3.35. The minimum atomic E-state index is -0.372. The van der Waals surface area contributed by atoms with Crippen LogP contribution in [0.15, 0.2) is 23.7 Å². The lowest BCUT2D eigenvalue weighted by Gasteiger charge is -2.10. The first kappa shape index (κ1) is 18.6. The van der Waals surface area contributed by atoms with Gasteiger partial charge in [0.25, 0.3) is 0 Å². The van der Waals surface area contributed by atoms with Crippen molar-refractivity contribution in [3.8, 4) is 0 Å². The summed E-state index contributed by atoms with van der Waals surface area (Å²) in [5, 5.41) is 0. The number of hydrogen-bond donors (Lipinski definition) is 0. The molecule has 1 heterocycles. The summed E-state index contributed by atoms with van der Waals surface area (Å²) in [6.07, 6.45) is 4.88. The highest BCUT2D eigenvalue weighted by Gasteiger charge is 2.48. The smallest absolute Gasteiger partial charge is 0.334 e. The van der Waals surface area contributed by atoms with Crippen LogP contribution in [0.3, 0.4) is 0 Å². The zero-order valence-electron chi connectivity index (χ0n) is 14.3. The highest BCUT2D eigenvalue weighted by Crippen LogP contribution is 2.35. The number of carbonyl (C=O) groups excluding carboxylic acids is 1. The van der Waals surface area contributed by atoms with Crippen molar-refractivity contribution in [2.24, 2.45) is 0 Å². The van der Waals surface area contributed by atoms with E-state index < -0.39 is 0 Å². The number of rotatable bonds is 10. The maximum Gasteiger partial charge on any atom is 0.334 e. The molecule has 0 aliphatic carbocycles. The summed E-state index contributed by atoms with van der Waals surface area (Å²) in [6, 6.07) is 0. The third-order valence-corrected chi connectivity index (χ3v) is 3.43. The average molecular weight is 312 g/mol. The highest BCUT2D eigenvalue weighted by molar-refractivity contribution is 5.82. The molecule has 0 radical (unpaired) electrons. The Balaban J connectivity index is 2.38. The monoisotopic (exact) mass is 312 g/mol. The number of epoxide rings is 1. The Hall–Kier alpha value is -1.49. The number of allylic oxidation sites excluding steroid dienone is 2. The lowest BCUT2D eigenvalue weighted by atomic mass is 10.1. The second-order valence-corrected chi connectivity index (χ2v) is 5.57. The Labute approximate surface area is 133 Å². The van der Waals surface area contributed by atoms with E-state index in [0.29, 0.717) is 32.0 Å². The Morgan fingerprint density at radius 1 is 1.09 bits per heavy atom. The molecule has 0 unspecified atom stereocenters. The quantitative estimate of drug-likeness (QED) is 0.268. The van der Waals surface area contributed by atoms with Gasteiger partial charge in [-0.25, -0.2) is 4.79 Å². The van der Waals surface area contributed by atoms with E-state index in [1.807, 2.05) is 33.8 Å². The molecule has 1 fully saturated rings. The maximum atomic E-state index is 11.4. The summed E-state index contributed by atoms with van der Waals surface area (Å²) >= 11 is 0. The minimum absolute atomic E-state index is 0.0624. The van der Waals surface area contributed by atoms with Gasteiger partial charge in [-0.1, -0.05) is 13.8 Å². The Morgan fingerprint density at radius 3 is 2.23 bits per heavy atom. The van der Waals surface area contributed by atoms with Gasteiger partial charge in [0.15, 0.2) is 0 Å². The average Bonchev–Trinajstić information content (AvgIpc) is 3.08. The molecule has 1 aliphatic heterocycles. The van der Waals surface area contributed by atoms with Gasteiger partial charge in [0, 0.05) is 12.8 Å². The fourth-order valence-electron chi connectivity index (χ4n) is 1.86. The second-order valence-electron chi connectivity index (χ2n) is 5.57. The molecule has 1 rings (SSSR count). The molecule has 22 heavy (non-hydrogen) atoms. The molecule has 1 aliphatic rings. The zero-order valence-corrected chi connectivity index (χ0v) is 14.3. The van der Waals surface area contributed by atoms with Crippen LogP contribution < -0.4 is 0 Å². The van der Waals surface area contributed by atoms with Gasteiger partial charge in [-0.3, -0.25) is 0 Å². The van der Waals surface area contributed by atoms with Gasteiger partial charge in [0.05, 0.1) is 24.0 Å². The number of ether oxygens (including phenoxy) is 4. The van der Waals surface area contributed by atoms with Crippen LogP contribution in [0.1, 0.15) is 47.5 Å². The van der Waals surface area contributed by atoms with Crippen molar-refractivity contribution < 1.29 is 23.7 Å². The zero-order chi connectivity index (χ0) is 16.6. The minimum Gasteiger partial charge on any atom is -0.495 e. The largest absolute Gasteiger partial charge is 0.495 e. The lowest BCUT2D eigenvalue weighted by molar-refractivity contribution is -0.137. The highest BCUT2D eigenvalue weighted by atomic mass is 16.6. The number of hydrogen-bond acceptors (Lipinski definition) is 5. The SMILES string of the molecule is CCOC(=O)/C=C(\CC)OC/C=C(\CC)OC[C@H]1OC1(C)C. The van der Waals surface area contributed by atoms with E-state index in [9.17, 15) is 4.79 Å². The van der Waals surface area contributed by atoms with Gasteiger partial charge in [-0.05, 0) is 26.8 Å². The topological polar surface area (TPSA) is 57.3 Å². The van der Waals surface area contributed by atoms with Crippen LogP contribution in [0.2, 0.25) is 0 Å². The van der Waals surface area contributed by atoms with Crippen molar-refractivity contribution in [3.63, 3.8) is 0 Å². The Morgan fingerprint density at radius 2 is 1.73 bits per heavy atom. The predicted molar refractivity (Wildman–Crippen MR) is 84.2 cm³/mol. The van der Waals surface area contributed by atoms with E-state index >= 15 is 0 Å². The molecule has 0 amide bonds. The first-order chi connectivity index (χ1) is 10.4. The second kappa shape index (κ2) is 8.83. The van der Waals surface area contributed by atoms with Crippen molar-refractivity contribution in [2.45, 2.75) is 59.2 Å². The van der Waals surface area contributed by atoms with Gasteiger partial charge in [-0.2, -0.15) is 0 Å². The van der Waals surface area contributed by atoms with E-state index in [4.69, 9.17) is 18.9 Å². The van der Waals surface area contributed by atoms with E-state index in [-0.39, 0.29) is 17.7 Å². The van der Waals surface area contributed by atoms with Gasteiger partial charge in [0.2, 0.25) is 0 Å². The molecule has 0 aromatic rings. The number of carbonyl (C=O) groups is 1. The van der Waals surface area contributed by atoms with Crippen molar-refractivity contribution >= 4 is 5.97 Å². The Bertz CT molecular complexity index is 423. The van der Waals surface area contributed by atoms with Gasteiger partial charge in [-0.15, -0.1) is 0 Å². The molecule has 0 spiro atoms. The fraction of sp³-hybridized carbons (Fsp3) is 0.706. The summed E-state index contributed by atoms with van der Waals surface area (Å²) in [6.45, 7) is 11.1. The van der Waals surface area contributed by atoms with Gasteiger partial charge >= 0.3 is 5.97 Å². The fourth-order valence-corrected chi connectivity index (χ4v) is 1.86. The first-order valence-electron chi connectivity index (χ1n) is 7.92. The van der Waals surface area contributed by atoms with Gasteiger partial charge in [0.1, 0.15) is 25.1 Å². The molecule has 1 saturated heterocycles. The summed E-state index contributed by atoms with van der Waals surface area (Å²) in [7, 11) is 0. The van der Waals surface area contributed by atoms with Crippen molar-refractivity contribution in [1.82, 2.24) is 0 Å². The molecule has 0 bridgehead atoms. The van der Waals surface area contributed by atoms with Crippen LogP contribution in [0, 0.1) is 0 Å². The maximum absolute atomic E-state index is 11.4. The van der Waals surface area contributed by atoms with Crippen LogP contribution >= 0.6 is 0 Å². The van der Waals surface area contributed by atoms with Crippen LogP contribution in [0.5, 0.6) is 0 Å². The number of esters is 1. The molecule has 5 heteroatoms. The van der Waals surface area contributed by atoms with Crippen molar-refractivity contribution in [1.29, 1.82) is 0 Å². The van der Waals surface area contributed by atoms with E-state index in [2.05, 4.69) is 0 Å². The first-order valence-corrected chi connectivity index (χ1v) is 7.92. The molecule has 0 aromatic carbocycles. The lowest BCUT2D eigenvalue weighted by Crippen LogP contribution is -2.10. The van der Waals surface area contributed by atoms with Crippen molar-refractivity contribution in [2.75, 3.05) is 19.8 Å². The summed E-state index contributed by atoms with van der Waals surface area (Å²) in [5.41, 5.74) is -0.0624. The standard InChI is InChI=1S/C17H28O5/c1-6-13(21-12-15-17(4,5)22-15)9-10-20-14(7-2)11-16(18)19-8-3/h9,11,15H,6-8,10,12H2,1-5H3/b13-9+,14-11+/t15-/m1/s1. The molecule has 5 nitrogen and oxygen atoms in total. The third-order valence-electron chi connectivity index (χ3n) is 3.43. The van der Waals surface area contributed by atoms with Crippen LogP contribution in [-0.2, 0) is 23.7 Å². The summed E-state index contributed by atoms with van der Waals surface area (Å²) in [5.74, 6) is 1.11. The van der Waals surface area contributed by atoms with Gasteiger partial charge < -0.3 is 18.9 Å². The molecule has 0 aromatic heterocycles. The van der Waals surface area contributed by atoms with Crippen LogP contribution in [-0.4, -0.2) is 37.5 Å². The molecular weight excluding hydrogens is 284 g/mol. The van der Waals surface area contributed by atoms with E-state index in [1.54, 1.807) is 6.92 Å². The molecule has 126 valence electrons. The normalized spacial score (nSPS) is 20.5. The molecular formula is C17H28O5. The summed E-state index contributed by atoms with van der Waals surface area (Å²) < 4.78 is 21.7. The van der Waals surface area contributed by atoms with Crippen molar-refractivity contribution in [3.05, 3.63) is 23.7 Å². The van der Waals surface area contributed by atoms with E-state index in [1.165, 1.54) is 6.08 Å².